The average molecular weight is 359 g/mol. The molecule has 1 aromatic heterocycles. The highest BCUT2D eigenvalue weighted by molar-refractivity contribution is 5.81. The molecule has 7 heteroatoms. The molecule has 1 atom stereocenters. The predicted octanol–water partition coefficient (Wildman–Crippen LogP) is 0.549. The number of hydrogen-bond acceptors (Lipinski definition) is 6. The van der Waals surface area contributed by atoms with E-state index in [2.05, 4.69) is 15.2 Å². The van der Waals surface area contributed by atoms with Crippen LogP contribution in [0.4, 0.5) is 0 Å². The molecule has 26 heavy (non-hydrogen) atoms. The van der Waals surface area contributed by atoms with E-state index in [0.29, 0.717) is 5.92 Å². The highest BCUT2D eigenvalue weighted by Crippen LogP contribution is 2.27. The van der Waals surface area contributed by atoms with Gasteiger partial charge in [-0.3, -0.25) is 9.69 Å². The van der Waals surface area contributed by atoms with E-state index in [1.165, 1.54) is 11.3 Å². The number of hydrogen-bond donors (Lipinski definition) is 1. The molecule has 0 spiro atoms. The molecule has 4 heterocycles. The van der Waals surface area contributed by atoms with Crippen molar-refractivity contribution in [3.63, 3.8) is 0 Å². The number of amides is 1. The maximum Gasteiger partial charge on any atom is 0.239 e. The van der Waals surface area contributed by atoms with E-state index < -0.39 is 0 Å². The summed E-state index contributed by atoms with van der Waals surface area (Å²) < 4.78 is 5.39. The van der Waals surface area contributed by atoms with Crippen LogP contribution in [-0.2, 0) is 22.5 Å². The third-order valence-corrected chi connectivity index (χ3v) is 5.95. The summed E-state index contributed by atoms with van der Waals surface area (Å²) in [5.74, 6) is 1.60. The lowest BCUT2D eigenvalue weighted by Gasteiger charge is -2.37. The van der Waals surface area contributed by atoms with Gasteiger partial charge in [-0.2, -0.15) is 0 Å². The van der Waals surface area contributed by atoms with Crippen molar-refractivity contribution >= 4 is 5.91 Å². The van der Waals surface area contributed by atoms with Crippen molar-refractivity contribution in [3.05, 3.63) is 23.3 Å². The number of nitrogens with one attached hydrogen (secondary N) is 1. The van der Waals surface area contributed by atoms with Crippen LogP contribution in [0.5, 0.6) is 0 Å². The molecule has 1 aromatic rings. The number of carbonyl (C=O) groups is 1. The molecular weight excluding hydrogens is 330 g/mol. The first-order valence-electron chi connectivity index (χ1n) is 9.88. The number of fused-ring (bicyclic) bond motifs is 1. The maximum absolute atomic E-state index is 12.8. The highest BCUT2D eigenvalue weighted by atomic mass is 16.5. The normalized spacial score (nSPS) is 23.5. The molecule has 0 unspecified atom stereocenters. The summed E-state index contributed by atoms with van der Waals surface area (Å²) in [6.07, 6.45) is 4.89. The predicted molar refractivity (Wildman–Crippen MR) is 97.9 cm³/mol. The molecule has 1 amide bonds. The van der Waals surface area contributed by atoms with Crippen molar-refractivity contribution in [1.29, 1.82) is 0 Å². The molecule has 2 saturated heterocycles. The number of carbonyl (C=O) groups excluding carboxylic acids is 1. The monoisotopic (exact) mass is 359 g/mol. The van der Waals surface area contributed by atoms with Crippen LogP contribution < -0.4 is 5.32 Å². The lowest BCUT2D eigenvalue weighted by Crippen LogP contribution is -2.52. The Hall–Kier alpha value is -1.57. The molecule has 7 nitrogen and oxygen atoms in total. The first-order valence-corrected chi connectivity index (χ1v) is 9.88. The van der Waals surface area contributed by atoms with E-state index in [1.54, 1.807) is 0 Å². The van der Waals surface area contributed by atoms with Gasteiger partial charge in [0.1, 0.15) is 5.82 Å². The lowest BCUT2D eigenvalue weighted by molar-refractivity contribution is -0.139. The van der Waals surface area contributed by atoms with Gasteiger partial charge in [0.15, 0.2) is 0 Å². The third kappa shape index (κ3) is 3.75. The van der Waals surface area contributed by atoms with Crippen molar-refractivity contribution in [2.75, 3.05) is 45.9 Å². The van der Waals surface area contributed by atoms with Gasteiger partial charge >= 0.3 is 0 Å². The van der Waals surface area contributed by atoms with Crippen molar-refractivity contribution < 1.29 is 9.53 Å². The van der Waals surface area contributed by atoms with Gasteiger partial charge < -0.3 is 15.0 Å². The van der Waals surface area contributed by atoms with Gasteiger partial charge in [0.2, 0.25) is 5.91 Å². The molecule has 0 aliphatic carbocycles. The number of ether oxygens (including phenoxy) is 1. The molecule has 3 aliphatic rings. The summed E-state index contributed by atoms with van der Waals surface area (Å²) >= 11 is 0. The Bertz CT molecular complexity index is 639. The molecule has 0 bridgehead atoms. The minimum atomic E-state index is -0.0528. The standard InChI is InChI=1S/C19H29N5O2/c1-14(23-8-10-26-11-9-23)19(25)24-6-3-15(4-7-24)18-21-13-16-12-20-5-2-17(16)22-18/h13-15,20H,2-12H2,1H3/t14-/m1/s1. The van der Waals surface area contributed by atoms with Gasteiger partial charge in [0.25, 0.3) is 0 Å². The van der Waals surface area contributed by atoms with E-state index in [9.17, 15) is 4.79 Å². The zero-order valence-electron chi connectivity index (χ0n) is 15.6. The average Bonchev–Trinajstić information content (AvgIpc) is 2.73. The summed E-state index contributed by atoms with van der Waals surface area (Å²) in [7, 11) is 0. The van der Waals surface area contributed by atoms with Gasteiger partial charge in [0, 0.05) is 69.1 Å². The minimum Gasteiger partial charge on any atom is -0.379 e. The second-order valence-corrected chi connectivity index (χ2v) is 7.55. The van der Waals surface area contributed by atoms with Crippen molar-refractivity contribution in [2.24, 2.45) is 0 Å². The van der Waals surface area contributed by atoms with Crippen LogP contribution >= 0.6 is 0 Å². The number of piperidine rings is 1. The van der Waals surface area contributed by atoms with Gasteiger partial charge in [-0.05, 0) is 19.8 Å². The molecule has 0 saturated carbocycles. The Morgan fingerprint density at radius 1 is 1.27 bits per heavy atom. The number of morpholine rings is 1. The second-order valence-electron chi connectivity index (χ2n) is 7.55. The topological polar surface area (TPSA) is 70.6 Å². The molecular formula is C19H29N5O2. The van der Waals surface area contributed by atoms with Crippen LogP contribution in [0, 0.1) is 0 Å². The minimum absolute atomic E-state index is 0.0528. The lowest BCUT2D eigenvalue weighted by atomic mass is 9.95. The van der Waals surface area contributed by atoms with Crippen molar-refractivity contribution in [2.45, 2.75) is 44.7 Å². The van der Waals surface area contributed by atoms with E-state index in [0.717, 1.165) is 77.6 Å². The Morgan fingerprint density at radius 2 is 2.04 bits per heavy atom. The van der Waals surface area contributed by atoms with Crippen LogP contribution in [0.2, 0.25) is 0 Å². The summed E-state index contributed by atoms with van der Waals surface area (Å²) in [6.45, 7) is 8.66. The van der Waals surface area contributed by atoms with E-state index in [-0.39, 0.29) is 11.9 Å². The largest absolute Gasteiger partial charge is 0.379 e. The van der Waals surface area contributed by atoms with Crippen LogP contribution in [0.3, 0.4) is 0 Å². The fourth-order valence-corrected chi connectivity index (χ4v) is 4.19. The van der Waals surface area contributed by atoms with E-state index in [4.69, 9.17) is 9.72 Å². The van der Waals surface area contributed by atoms with Crippen molar-refractivity contribution in [1.82, 2.24) is 25.1 Å². The molecule has 4 rings (SSSR count). The Balaban J connectivity index is 1.34. The van der Waals surface area contributed by atoms with Gasteiger partial charge in [-0.1, -0.05) is 0 Å². The fraction of sp³-hybridized carbons (Fsp3) is 0.737. The van der Waals surface area contributed by atoms with Gasteiger partial charge in [-0.15, -0.1) is 0 Å². The first kappa shape index (κ1) is 17.8. The number of likely N-dealkylation sites (tertiary alicyclic amines) is 1. The van der Waals surface area contributed by atoms with E-state index in [1.807, 2.05) is 18.0 Å². The summed E-state index contributed by atoms with van der Waals surface area (Å²) in [4.78, 5) is 26.6. The fourth-order valence-electron chi connectivity index (χ4n) is 4.19. The van der Waals surface area contributed by atoms with Crippen LogP contribution in [0.15, 0.2) is 6.20 Å². The summed E-state index contributed by atoms with van der Waals surface area (Å²) in [6, 6.07) is -0.0528. The van der Waals surface area contributed by atoms with Crippen LogP contribution in [0.25, 0.3) is 0 Å². The molecule has 2 fully saturated rings. The Labute approximate surface area is 155 Å². The summed E-state index contributed by atoms with van der Waals surface area (Å²) in [5, 5.41) is 3.36. The van der Waals surface area contributed by atoms with Gasteiger partial charge in [-0.25, -0.2) is 9.97 Å². The van der Waals surface area contributed by atoms with Crippen LogP contribution in [-0.4, -0.2) is 77.7 Å². The Kier molecular flexibility index (Phi) is 5.47. The smallest absolute Gasteiger partial charge is 0.239 e. The molecule has 0 radical (unpaired) electrons. The Morgan fingerprint density at radius 3 is 2.81 bits per heavy atom. The molecule has 0 aromatic carbocycles. The highest BCUT2D eigenvalue weighted by Gasteiger charge is 2.31. The zero-order valence-corrected chi connectivity index (χ0v) is 15.6. The quantitative estimate of drug-likeness (QED) is 0.850. The molecule has 1 N–H and O–H groups in total. The van der Waals surface area contributed by atoms with Crippen molar-refractivity contribution in [3.8, 4) is 0 Å². The number of nitrogens with zero attached hydrogens (tertiary/aromatic N) is 4. The summed E-state index contributed by atoms with van der Waals surface area (Å²) in [5.41, 5.74) is 2.43. The third-order valence-electron chi connectivity index (χ3n) is 5.95. The van der Waals surface area contributed by atoms with Gasteiger partial charge in [0.05, 0.1) is 19.3 Å². The zero-order chi connectivity index (χ0) is 17.9. The maximum atomic E-state index is 12.8. The van der Waals surface area contributed by atoms with Crippen LogP contribution in [0.1, 0.15) is 42.8 Å². The molecule has 142 valence electrons. The second kappa shape index (κ2) is 7.98. The SMILES string of the molecule is C[C@H](C(=O)N1CCC(c2ncc3c(n2)CCNC3)CC1)N1CCOCC1. The van der Waals surface area contributed by atoms with E-state index >= 15 is 0 Å². The number of rotatable bonds is 3. The number of aromatic nitrogens is 2. The molecule has 3 aliphatic heterocycles. The first-order chi connectivity index (χ1) is 12.7.